The van der Waals surface area contributed by atoms with E-state index >= 15 is 0 Å². The molecule has 5 nitrogen and oxygen atoms in total. The van der Waals surface area contributed by atoms with Crippen molar-refractivity contribution in [3.8, 4) is 0 Å². The van der Waals surface area contributed by atoms with Crippen LogP contribution in [0.3, 0.4) is 0 Å². The molecule has 0 spiro atoms. The summed E-state index contributed by atoms with van der Waals surface area (Å²) >= 11 is 1.63. The minimum Gasteiger partial charge on any atom is -0.326 e. The fourth-order valence-electron chi connectivity index (χ4n) is 2.42. The summed E-state index contributed by atoms with van der Waals surface area (Å²) < 4.78 is 26.3. The Bertz CT molecular complexity index is 802. The van der Waals surface area contributed by atoms with Crippen LogP contribution in [0.15, 0.2) is 64.4 Å². The van der Waals surface area contributed by atoms with Crippen LogP contribution < -0.4 is 5.32 Å². The molecule has 0 heterocycles. The molecular weight excluding hydrogens is 368 g/mol. The molecule has 7 heteroatoms. The first-order valence-electron chi connectivity index (χ1n) is 8.55. The molecule has 0 fully saturated rings. The van der Waals surface area contributed by atoms with Gasteiger partial charge >= 0.3 is 0 Å². The lowest BCUT2D eigenvalue weighted by atomic mass is 10.3. The Morgan fingerprint density at radius 1 is 1.00 bits per heavy atom. The molecule has 0 aliphatic heterocycles. The van der Waals surface area contributed by atoms with Gasteiger partial charge in [-0.2, -0.15) is 4.31 Å². The zero-order valence-corrected chi connectivity index (χ0v) is 16.6. The number of carbonyl (C=O) groups is 1. The Morgan fingerprint density at radius 3 is 2.19 bits per heavy atom. The third-order valence-corrected chi connectivity index (χ3v) is 6.90. The summed E-state index contributed by atoms with van der Waals surface area (Å²) in [5.41, 5.74) is 0.596. The van der Waals surface area contributed by atoms with E-state index in [1.165, 1.54) is 16.4 Å². The molecule has 0 aromatic heterocycles. The molecule has 2 rings (SSSR count). The highest BCUT2D eigenvalue weighted by atomic mass is 32.2. The standard InChI is InChI=1S/C19H24N2O3S2/c1-3-21(4-2)26(23,24)18-12-10-16(11-13-18)20-19(22)14-15-25-17-8-6-5-7-9-17/h5-13H,3-4,14-15H2,1-2H3,(H,20,22). The van der Waals surface area contributed by atoms with E-state index < -0.39 is 10.0 Å². The van der Waals surface area contributed by atoms with E-state index in [1.807, 2.05) is 44.2 Å². The SMILES string of the molecule is CCN(CC)S(=O)(=O)c1ccc(NC(=O)CCSc2ccccc2)cc1. The average molecular weight is 393 g/mol. The molecule has 2 aromatic carbocycles. The van der Waals surface area contributed by atoms with E-state index in [2.05, 4.69) is 5.32 Å². The van der Waals surface area contributed by atoms with Gasteiger partial charge in [-0.05, 0) is 36.4 Å². The summed E-state index contributed by atoms with van der Waals surface area (Å²) in [5.74, 6) is 0.595. The highest BCUT2D eigenvalue weighted by Gasteiger charge is 2.21. The highest BCUT2D eigenvalue weighted by molar-refractivity contribution is 7.99. The molecular formula is C19H24N2O3S2. The summed E-state index contributed by atoms with van der Waals surface area (Å²) in [6.07, 6.45) is 0.388. The largest absolute Gasteiger partial charge is 0.326 e. The predicted octanol–water partition coefficient (Wildman–Crippen LogP) is 3.84. The first kappa shape index (κ1) is 20.5. The fraction of sp³-hybridized carbons (Fsp3) is 0.316. The Labute approximate surface area is 159 Å². The number of hydrogen-bond donors (Lipinski definition) is 1. The molecule has 0 atom stereocenters. The zero-order valence-electron chi connectivity index (χ0n) is 15.0. The fourth-order valence-corrected chi connectivity index (χ4v) is 4.76. The third kappa shape index (κ3) is 5.59. The number of rotatable bonds is 9. The van der Waals surface area contributed by atoms with E-state index in [1.54, 1.807) is 23.9 Å². The van der Waals surface area contributed by atoms with Crippen molar-refractivity contribution >= 4 is 33.4 Å². The van der Waals surface area contributed by atoms with Crippen LogP contribution in [0, 0.1) is 0 Å². The molecule has 26 heavy (non-hydrogen) atoms. The van der Waals surface area contributed by atoms with Crippen molar-refractivity contribution in [2.45, 2.75) is 30.1 Å². The Balaban J connectivity index is 1.89. The third-order valence-electron chi connectivity index (χ3n) is 3.82. The van der Waals surface area contributed by atoms with Crippen LogP contribution in [0.1, 0.15) is 20.3 Å². The maximum atomic E-state index is 12.4. The van der Waals surface area contributed by atoms with Crippen LogP contribution in [0.2, 0.25) is 0 Å². The molecule has 0 aliphatic rings. The van der Waals surface area contributed by atoms with Gasteiger partial charge in [0.15, 0.2) is 0 Å². The molecule has 0 aliphatic carbocycles. The normalized spacial score (nSPS) is 11.5. The first-order chi connectivity index (χ1) is 12.5. The van der Waals surface area contributed by atoms with Gasteiger partial charge in [0.1, 0.15) is 0 Å². The molecule has 0 saturated heterocycles. The quantitative estimate of drug-likeness (QED) is 0.659. The van der Waals surface area contributed by atoms with E-state index in [4.69, 9.17) is 0 Å². The number of nitrogens with one attached hydrogen (secondary N) is 1. The van der Waals surface area contributed by atoms with Crippen molar-refractivity contribution in [3.63, 3.8) is 0 Å². The van der Waals surface area contributed by atoms with Crippen molar-refractivity contribution in [1.29, 1.82) is 0 Å². The lowest BCUT2D eigenvalue weighted by molar-refractivity contribution is -0.115. The number of nitrogens with zero attached hydrogens (tertiary/aromatic N) is 1. The molecule has 1 N–H and O–H groups in total. The number of anilines is 1. The number of benzene rings is 2. The van der Waals surface area contributed by atoms with E-state index in [-0.39, 0.29) is 10.8 Å². The number of carbonyl (C=O) groups excluding carboxylic acids is 1. The van der Waals surface area contributed by atoms with Crippen LogP contribution in [0.25, 0.3) is 0 Å². The van der Waals surface area contributed by atoms with Crippen LogP contribution in [-0.2, 0) is 14.8 Å². The van der Waals surface area contributed by atoms with Gasteiger partial charge in [-0.25, -0.2) is 8.42 Å². The average Bonchev–Trinajstić information content (AvgIpc) is 2.64. The van der Waals surface area contributed by atoms with E-state index in [0.29, 0.717) is 31.0 Å². The summed E-state index contributed by atoms with van der Waals surface area (Å²) in [5, 5.41) is 2.80. The van der Waals surface area contributed by atoms with Crippen molar-refractivity contribution in [2.75, 3.05) is 24.2 Å². The van der Waals surface area contributed by atoms with Crippen LogP contribution in [0.5, 0.6) is 0 Å². The van der Waals surface area contributed by atoms with Crippen molar-refractivity contribution in [3.05, 3.63) is 54.6 Å². The maximum Gasteiger partial charge on any atom is 0.243 e. The minimum atomic E-state index is -3.47. The second-order valence-corrected chi connectivity index (χ2v) is 8.68. The Morgan fingerprint density at radius 2 is 1.62 bits per heavy atom. The summed E-state index contributed by atoms with van der Waals surface area (Å²) in [6.45, 7) is 4.47. The minimum absolute atomic E-state index is 0.0900. The van der Waals surface area contributed by atoms with Gasteiger partial charge < -0.3 is 5.32 Å². The van der Waals surface area contributed by atoms with Gasteiger partial charge in [-0.15, -0.1) is 11.8 Å². The van der Waals surface area contributed by atoms with Crippen molar-refractivity contribution in [1.82, 2.24) is 4.31 Å². The Hall–Kier alpha value is -1.83. The maximum absolute atomic E-state index is 12.4. The topological polar surface area (TPSA) is 66.5 Å². The van der Waals surface area contributed by atoms with Gasteiger partial charge in [0.25, 0.3) is 0 Å². The molecule has 140 valence electrons. The van der Waals surface area contributed by atoms with Gasteiger partial charge in [0.05, 0.1) is 4.90 Å². The first-order valence-corrected chi connectivity index (χ1v) is 11.0. The van der Waals surface area contributed by atoms with Crippen molar-refractivity contribution in [2.24, 2.45) is 0 Å². The number of sulfonamides is 1. The van der Waals surface area contributed by atoms with E-state index in [9.17, 15) is 13.2 Å². The molecule has 2 aromatic rings. The monoisotopic (exact) mass is 392 g/mol. The molecule has 0 bridgehead atoms. The second-order valence-electron chi connectivity index (χ2n) is 5.57. The Kier molecular flexibility index (Phi) is 7.68. The summed E-state index contributed by atoms with van der Waals surface area (Å²) in [4.78, 5) is 13.4. The number of hydrogen-bond acceptors (Lipinski definition) is 4. The molecule has 1 amide bonds. The number of amides is 1. The summed E-state index contributed by atoms with van der Waals surface area (Å²) in [7, 11) is -3.47. The molecule has 0 unspecified atom stereocenters. The number of thioether (sulfide) groups is 1. The molecule has 0 saturated carbocycles. The zero-order chi connectivity index (χ0) is 19.0. The van der Waals surface area contributed by atoms with E-state index in [0.717, 1.165) is 4.90 Å². The van der Waals surface area contributed by atoms with Gasteiger partial charge in [0, 0.05) is 35.8 Å². The lowest BCUT2D eigenvalue weighted by Crippen LogP contribution is -2.30. The van der Waals surface area contributed by atoms with Gasteiger partial charge in [0.2, 0.25) is 15.9 Å². The van der Waals surface area contributed by atoms with Crippen LogP contribution in [-0.4, -0.2) is 37.5 Å². The second kappa shape index (κ2) is 9.75. The highest BCUT2D eigenvalue weighted by Crippen LogP contribution is 2.20. The van der Waals surface area contributed by atoms with Gasteiger partial charge in [-0.3, -0.25) is 4.79 Å². The van der Waals surface area contributed by atoms with Gasteiger partial charge in [-0.1, -0.05) is 32.0 Å². The predicted molar refractivity (Wildman–Crippen MR) is 107 cm³/mol. The summed E-state index contributed by atoms with van der Waals surface area (Å²) in [6, 6.07) is 16.2. The lowest BCUT2D eigenvalue weighted by Gasteiger charge is -2.18. The molecule has 0 radical (unpaired) electrons. The van der Waals surface area contributed by atoms with Crippen molar-refractivity contribution < 1.29 is 13.2 Å². The smallest absolute Gasteiger partial charge is 0.243 e. The van der Waals surface area contributed by atoms with Crippen LogP contribution in [0.4, 0.5) is 5.69 Å². The van der Waals surface area contributed by atoms with Crippen LogP contribution >= 0.6 is 11.8 Å².